The highest BCUT2D eigenvalue weighted by Gasteiger charge is 2.56. The second-order valence-electron chi connectivity index (χ2n) is 6.80. The summed E-state index contributed by atoms with van der Waals surface area (Å²) in [6.45, 7) is 0. The Morgan fingerprint density at radius 2 is 1.72 bits per heavy atom. The van der Waals surface area contributed by atoms with Gasteiger partial charge in [-0.2, -0.15) is 0 Å². The molecule has 2 aliphatic heterocycles. The van der Waals surface area contributed by atoms with Crippen LogP contribution in [0.3, 0.4) is 0 Å². The number of nitrogens with zero attached hydrogens (tertiary/aromatic N) is 1. The maximum absolute atomic E-state index is 13.5. The second-order valence-corrected chi connectivity index (χ2v) is 9.88. The van der Waals surface area contributed by atoms with Gasteiger partial charge < -0.3 is 10.1 Å². The van der Waals surface area contributed by atoms with E-state index in [1.54, 1.807) is 48.5 Å². The van der Waals surface area contributed by atoms with Crippen LogP contribution in [0.1, 0.15) is 16.4 Å². The number of thioether (sulfide) groups is 1. The zero-order valence-electron chi connectivity index (χ0n) is 14.7. The Bertz CT molecular complexity index is 1200. The molecule has 29 heavy (non-hydrogen) atoms. The minimum Gasteiger partial charge on any atom is -0.508 e. The molecule has 3 atom stereocenters. The van der Waals surface area contributed by atoms with Crippen LogP contribution >= 0.6 is 39.0 Å². The van der Waals surface area contributed by atoms with E-state index in [4.69, 9.17) is 0 Å². The van der Waals surface area contributed by atoms with Gasteiger partial charge in [0.2, 0.25) is 11.8 Å². The fourth-order valence-electron chi connectivity index (χ4n) is 3.95. The number of imide groups is 1. The largest absolute Gasteiger partial charge is 0.508 e. The minimum atomic E-state index is -0.705. The van der Waals surface area contributed by atoms with E-state index in [1.807, 2.05) is 0 Å². The van der Waals surface area contributed by atoms with Crippen LogP contribution in [-0.2, 0) is 9.59 Å². The number of H-pyrrole nitrogens is 1. The molecule has 9 heteroatoms. The number of aromatic hydroxyl groups is 1. The molecular formula is C20H13BrN2O4S2. The Kier molecular flexibility index (Phi) is 4.41. The molecule has 2 aliphatic rings. The van der Waals surface area contributed by atoms with Gasteiger partial charge in [-0.15, -0.1) is 0 Å². The number of amides is 2. The summed E-state index contributed by atoms with van der Waals surface area (Å²) >= 11 is 5.60. The highest BCUT2D eigenvalue weighted by atomic mass is 79.9. The number of thiazole rings is 1. The van der Waals surface area contributed by atoms with E-state index in [-0.39, 0.29) is 22.4 Å². The molecule has 2 N–H and O–H groups in total. The van der Waals surface area contributed by atoms with Crippen LogP contribution in [0.5, 0.6) is 5.75 Å². The van der Waals surface area contributed by atoms with Crippen LogP contribution in [0.25, 0.3) is 0 Å². The molecule has 5 rings (SSSR count). The molecule has 0 radical (unpaired) electrons. The van der Waals surface area contributed by atoms with E-state index in [9.17, 15) is 19.5 Å². The molecule has 1 aromatic heterocycles. The summed E-state index contributed by atoms with van der Waals surface area (Å²) in [6, 6.07) is 13.7. The van der Waals surface area contributed by atoms with Crippen LogP contribution in [0.15, 0.2) is 62.8 Å². The molecule has 2 aromatic carbocycles. The number of hydrogen-bond donors (Lipinski definition) is 2. The number of nitrogens with one attached hydrogen (secondary N) is 1. The van der Waals surface area contributed by atoms with Crippen molar-refractivity contribution in [2.45, 2.75) is 16.2 Å². The SMILES string of the molecule is O=C1[C@H]2[C@H](c3ccccc3O)c3sc(=O)[nH]c3S[C@H]2C(=O)N1c1ccc(Br)cc1. The normalized spacial score (nSPS) is 23.2. The van der Waals surface area contributed by atoms with Crippen LogP contribution < -0.4 is 9.77 Å². The van der Waals surface area contributed by atoms with Crippen molar-refractivity contribution < 1.29 is 14.7 Å². The first-order chi connectivity index (χ1) is 14.0. The summed E-state index contributed by atoms with van der Waals surface area (Å²) in [4.78, 5) is 43.2. The monoisotopic (exact) mass is 488 g/mol. The van der Waals surface area contributed by atoms with Crippen molar-refractivity contribution in [1.82, 2.24) is 4.98 Å². The van der Waals surface area contributed by atoms with Gasteiger partial charge in [-0.05, 0) is 30.3 Å². The number of aromatic nitrogens is 1. The van der Waals surface area contributed by atoms with E-state index in [2.05, 4.69) is 20.9 Å². The van der Waals surface area contributed by atoms with Gasteiger partial charge in [-0.3, -0.25) is 14.4 Å². The molecule has 6 nitrogen and oxygen atoms in total. The number of anilines is 1. The first kappa shape index (κ1) is 18.7. The minimum absolute atomic E-state index is 0.0392. The Morgan fingerprint density at radius 3 is 2.45 bits per heavy atom. The summed E-state index contributed by atoms with van der Waals surface area (Å²) in [6.07, 6.45) is 0. The number of hydrogen-bond acceptors (Lipinski definition) is 6. The number of halogens is 1. The molecule has 3 heterocycles. The van der Waals surface area contributed by atoms with Crippen LogP contribution in [-0.4, -0.2) is 27.2 Å². The third kappa shape index (κ3) is 2.87. The molecule has 1 saturated heterocycles. The van der Waals surface area contributed by atoms with Crippen molar-refractivity contribution in [3.8, 4) is 5.75 Å². The van der Waals surface area contributed by atoms with E-state index in [1.165, 1.54) is 16.7 Å². The Morgan fingerprint density at radius 1 is 1.00 bits per heavy atom. The smallest absolute Gasteiger partial charge is 0.305 e. The summed E-state index contributed by atoms with van der Waals surface area (Å²) in [7, 11) is 0. The second kappa shape index (κ2) is 6.86. The van der Waals surface area contributed by atoms with Crippen LogP contribution in [0.2, 0.25) is 0 Å². The van der Waals surface area contributed by atoms with Crippen molar-refractivity contribution in [3.05, 3.63) is 73.1 Å². The summed E-state index contributed by atoms with van der Waals surface area (Å²) in [5.41, 5.74) is 1.05. The van der Waals surface area contributed by atoms with Gasteiger partial charge in [0.25, 0.3) is 0 Å². The summed E-state index contributed by atoms with van der Waals surface area (Å²) in [5, 5.41) is 10.4. The fourth-order valence-corrected chi connectivity index (χ4v) is 6.72. The Labute approximate surface area is 181 Å². The maximum atomic E-state index is 13.5. The quantitative estimate of drug-likeness (QED) is 0.536. The molecule has 3 aromatic rings. The molecule has 0 unspecified atom stereocenters. The zero-order valence-corrected chi connectivity index (χ0v) is 17.9. The van der Waals surface area contributed by atoms with E-state index >= 15 is 0 Å². The Hall–Kier alpha value is -2.36. The van der Waals surface area contributed by atoms with E-state index < -0.39 is 17.1 Å². The first-order valence-corrected chi connectivity index (χ1v) is 11.3. The number of fused-ring (bicyclic) bond motifs is 2. The average molecular weight is 489 g/mol. The molecule has 0 spiro atoms. The van der Waals surface area contributed by atoms with Gasteiger partial charge in [0.1, 0.15) is 11.0 Å². The molecular weight excluding hydrogens is 476 g/mol. The summed E-state index contributed by atoms with van der Waals surface area (Å²) in [5.74, 6) is -1.88. The predicted molar refractivity (Wildman–Crippen MR) is 115 cm³/mol. The fraction of sp³-hybridized carbons (Fsp3) is 0.150. The third-order valence-electron chi connectivity index (χ3n) is 5.18. The molecule has 0 bridgehead atoms. The topological polar surface area (TPSA) is 90.5 Å². The van der Waals surface area contributed by atoms with Crippen molar-refractivity contribution in [2.24, 2.45) is 5.92 Å². The van der Waals surface area contributed by atoms with Crippen molar-refractivity contribution in [2.75, 3.05) is 4.90 Å². The van der Waals surface area contributed by atoms with E-state index in [0.717, 1.165) is 15.8 Å². The standard InChI is InChI=1S/C20H13BrN2O4S2/c21-9-5-7-10(8-6-9)23-18(25)14-13(11-3-1-2-4-12(11)24)15-17(22-20(27)29-15)28-16(14)19(23)26/h1-8,13-14,16,24H,(H,22,27)/t13-,14-,16+/m0/s1. The first-order valence-electron chi connectivity index (χ1n) is 8.76. The lowest BCUT2D eigenvalue weighted by atomic mass is 9.82. The highest BCUT2D eigenvalue weighted by molar-refractivity contribution is 9.10. The van der Waals surface area contributed by atoms with Gasteiger partial charge in [0.15, 0.2) is 0 Å². The summed E-state index contributed by atoms with van der Waals surface area (Å²) < 4.78 is 0.846. The van der Waals surface area contributed by atoms with Crippen LogP contribution in [0.4, 0.5) is 5.69 Å². The van der Waals surface area contributed by atoms with Gasteiger partial charge in [0, 0.05) is 20.8 Å². The highest BCUT2D eigenvalue weighted by Crippen LogP contribution is 2.54. The maximum Gasteiger partial charge on any atom is 0.305 e. The number of phenolic OH excluding ortho intramolecular Hbond substituents is 1. The lowest BCUT2D eigenvalue weighted by molar-refractivity contribution is -0.122. The molecule has 0 saturated carbocycles. The van der Waals surface area contributed by atoms with Crippen molar-refractivity contribution >= 4 is 56.5 Å². The van der Waals surface area contributed by atoms with Crippen molar-refractivity contribution in [3.63, 3.8) is 0 Å². The number of benzene rings is 2. The van der Waals surface area contributed by atoms with Gasteiger partial charge >= 0.3 is 4.87 Å². The number of carbonyl (C=O) groups is 2. The van der Waals surface area contributed by atoms with Crippen LogP contribution in [0, 0.1) is 5.92 Å². The number of aromatic amines is 1. The number of para-hydroxylation sites is 1. The van der Waals surface area contributed by atoms with Crippen molar-refractivity contribution in [1.29, 1.82) is 0 Å². The number of rotatable bonds is 2. The van der Waals surface area contributed by atoms with E-state index in [0.29, 0.717) is 21.2 Å². The average Bonchev–Trinajstić information content (AvgIpc) is 3.19. The van der Waals surface area contributed by atoms with Gasteiger partial charge in [0.05, 0.1) is 16.6 Å². The van der Waals surface area contributed by atoms with Gasteiger partial charge in [-0.1, -0.05) is 57.2 Å². The number of carbonyl (C=O) groups excluding carboxylic acids is 2. The molecule has 1 fully saturated rings. The zero-order chi connectivity index (χ0) is 20.3. The third-order valence-corrected chi connectivity index (χ3v) is 8.11. The molecule has 0 aliphatic carbocycles. The number of phenols is 1. The lowest BCUT2D eigenvalue weighted by Gasteiger charge is -2.30. The predicted octanol–water partition coefficient (Wildman–Crippen LogP) is 3.70. The molecule has 2 amide bonds. The Balaban J connectivity index is 1.67. The molecule has 146 valence electrons. The lowest BCUT2D eigenvalue weighted by Crippen LogP contribution is -2.32. The van der Waals surface area contributed by atoms with Gasteiger partial charge in [-0.25, -0.2) is 4.90 Å².